The quantitative estimate of drug-likeness (QED) is 0.844. The van der Waals surface area contributed by atoms with Gasteiger partial charge in [0.05, 0.1) is 5.92 Å². The van der Waals surface area contributed by atoms with Crippen molar-refractivity contribution >= 4 is 17.7 Å². The zero-order valence-electron chi connectivity index (χ0n) is 11.2. The second-order valence-electron chi connectivity index (χ2n) is 4.76. The average Bonchev–Trinajstić information content (AvgIpc) is 2.54. The summed E-state index contributed by atoms with van der Waals surface area (Å²) < 4.78 is 1.56. The summed E-state index contributed by atoms with van der Waals surface area (Å²) in [5, 5.41) is 3.58. The summed E-state index contributed by atoms with van der Waals surface area (Å²) in [6, 6.07) is 5.14. The first-order valence-corrected chi connectivity index (χ1v) is 7.58. The number of hydrogen-bond donors (Lipinski definition) is 1. The lowest BCUT2D eigenvalue weighted by Crippen LogP contribution is -2.39. The molecule has 0 bridgehead atoms. The maximum absolute atomic E-state index is 12.2. The molecule has 21 heavy (non-hydrogen) atoms. The summed E-state index contributed by atoms with van der Waals surface area (Å²) in [6.45, 7) is 0.856. The number of hydrogen-bond acceptors (Lipinski definition) is 5. The number of amides is 1. The van der Waals surface area contributed by atoms with Gasteiger partial charge in [0.15, 0.2) is 5.16 Å². The number of nitrogens with zero attached hydrogens (tertiary/aromatic N) is 3. The second kappa shape index (κ2) is 6.09. The standard InChI is InChI=1S/C14H14N4O2S/c19-12-3-6-16-14-18(12)8-11(9-21-14)13(20)17-7-10-1-4-15-5-2-10/h1-6,11H,7-9H2,(H,17,20). The fourth-order valence-corrected chi connectivity index (χ4v) is 3.21. The van der Waals surface area contributed by atoms with Crippen LogP contribution in [0.25, 0.3) is 0 Å². The Hall–Kier alpha value is -2.15. The van der Waals surface area contributed by atoms with Crippen LogP contribution < -0.4 is 10.9 Å². The van der Waals surface area contributed by atoms with E-state index in [-0.39, 0.29) is 17.4 Å². The van der Waals surface area contributed by atoms with E-state index in [9.17, 15) is 9.59 Å². The lowest BCUT2D eigenvalue weighted by Gasteiger charge is -2.23. The third-order valence-electron chi connectivity index (χ3n) is 3.30. The fourth-order valence-electron chi connectivity index (χ4n) is 2.14. The van der Waals surface area contributed by atoms with Crippen molar-refractivity contribution in [2.45, 2.75) is 18.2 Å². The van der Waals surface area contributed by atoms with E-state index in [0.717, 1.165) is 5.56 Å². The number of rotatable bonds is 3. The first-order chi connectivity index (χ1) is 10.2. The molecule has 7 heteroatoms. The Morgan fingerprint density at radius 3 is 2.95 bits per heavy atom. The van der Waals surface area contributed by atoms with Gasteiger partial charge in [-0.1, -0.05) is 11.8 Å². The van der Waals surface area contributed by atoms with E-state index in [2.05, 4.69) is 15.3 Å². The van der Waals surface area contributed by atoms with Crippen LogP contribution in [0.4, 0.5) is 0 Å². The summed E-state index contributed by atoms with van der Waals surface area (Å²) in [5.41, 5.74) is 0.889. The molecule has 0 saturated carbocycles. The van der Waals surface area contributed by atoms with Crippen molar-refractivity contribution in [3.05, 3.63) is 52.7 Å². The molecule has 3 heterocycles. The first kappa shape index (κ1) is 13.8. The molecule has 0 saturated heterocycles. The molecule has 0 fully saturated rings. The Labute approximate surface area is 125 Å². The topological polar surface area (TPSA) is 76.9 Å². The van der Waals surface area contributed by atoms with Gasteiger partial charge in [0.25, 0.3) is 5.56 Å². The van der Waals surface area contributed by atoms with Crippen LogP contribution in [-0.4, -0.2) is 26.2 Å². The van der Waals surface area contributed by atoms with Gasteiger partial charge in [0.2, 0.25) is 5.91 Å². The van der Waals surface area contributed by atoms with Crippen LogP contribution in [-0.2, 0) is 17.9 Å². The van der Waals surface area contributed by atoms with Crippen LogP contribution in [0, 0.1) is 5.92 Å². The summed E-state index contributed by atoms with van der Waals surface area (Å²) in [6.07, 6.45) is 4.89. The lowest BCUT2D eigenvalue weighted by atomic mass is 10.1. The van der Waals surface area contributed by atoms with Crippen molar-refractivity contribution in [2.75, 3.05) is 5.75 Å². The molecule has 0 spiro atoms. The smallest absolute Gasteiger partial charge is 0.254 e. The van der Waals surface area contributed by atoms with Gasteiger partial charge in [-0.15, -0.1) is 0 Å². The van der Waals surface area contributed by atoms with E-state index < -0.39 is 0 Å². The number of aromatic nitrogens is 3. The largest absolute Gasteiger partial charge is 0.352 e. The first-order valence-electron chi connectivity index (χ1n) is 6.59. The summed E-state index contributed by atoms with van der Waals surface area (Å²) >= 11 is 1.44. The highest BCUT2D eigenvalue weighted by Gasteiger charge is 2.26. The van der Waals surface area contributed by atoms with Crippen molar-refractivity contribution < 1.29 is 4.79 Å². The molecule has 1 unspecified atom stereocenters. The number of fused-ring (bicyclic) bond motifs is 1. The normalized spacial score (nSPS) is 17.0. The van der Waals surface area contributed by atoms with Crippen molar-refractivity contribution in [2.24, 2.45) is 5.92 Å². The molecular formula is C14H14N4O2S. The predicted molar refractivity (Wildman–Crippen MR) is 78.8 cm³/mol. The van der Waals surface area contributed by atoms with Crippen LogP contribution in [0.1, 0.15) is 5.56 Å². The monoisotopic (exact) mass is 302 g/mol. The Balaban J connectivity index is 1.64. The zero-order chi connectivity index (χ0) is 14.7. The molecule has 1 amide bonds. The molecule has 3 rings (SSSR count). The molecule has 1 aliphatic rings. The molecule has 0 aromatic carbocycles. The van der Waals surface area contributed by atoms with E-state index in [1.165, 1.54) is 24.0 Å². The van der Waals surface area contributed by atoms with Gasteiger partial charge >= 0.3 is 0 Å². The Kier molecular flexibility index (Phi) is 4.01. The van der Waals surface area contributed by atoms with Crippen LogP contribution in [0.5, 0.6) is 0 Å². The number of carbonyl (C=O) groups excluding carboxylic acids is 1. The Bertz CT molecular complexity index is 702. The van der Waals surface area contributed by atoms with Crippen molar-refractivity contribution in [3.8, 4) is 0 Å². The summed E-state index contributed by atoms with van der Waals surface area (Å²) in [5.74, 6) is 0.380. The maximum Gasteiger partial charge on any atom is 0.254 e. The molecule has 2 aromatic rings. The second-order valence-corrected chi connectivity index (χ2v) is 5.74. The molecule has 1 atom stereocenters. The van der Waals surface area contributed by atoms with Gasteiger partial charge < -0.3 is 5.32 Å². The third kappa shape index (κ3) is 3.13. The SMILES string of the molecule is O=C(NCc1ccncc1)C1CSc2nccc(=O)n2C1. The summed E-state index contributed by atoms with van der Waals surface area (Å²) in [7, 11) is 0. The van der Waals surface area contributed by atoms with E-state index in [1.54, 1.807) is 17.0 Å². The van der Waals surface area contributed by atoms with E-state index in [0.29, 0.717) is 24.0 Å². The number of nitrogens with one attached hydrogen (secondary N) is 1. The van der Waals surface area contributed by atoms with E-state index in [4.69, 9.17) is 0 Å². The fraction of sp³-hybridized carbons (Fsp3) is 0.286. The molecule has 108 valence electrons. The Morgan fingerprint density at radius 2 is 2.14 bits per heavy atom. The average molecular weight is 302 g/mol. The van der Waals surface area contributed by atoms with Gasteiger partial charge in [0.1, 0.15) is 0 Å². The predicted octanol–water partition coefficient (Wildman–Crippen LogP) is 0.677. The zero-order valence-corrected chi connectivity index (χ0v) is 12.0. The van der Waals surface area contributed by atoms with Crippen molar-refractivity contribution in [3.63, 3.8) is 0 Å². The molecule has 0 radical (unpaired) electrons. The van der Waals surface area contributed by atoms with E-state index in [1.807, 2.05) is 12.1 Å². The summed E-state index contributed by atoms with van der Waals surface area (Å²) in [4.78, 5) is 32.1. The van der Waals surface area contributed by atoms with Gasteiger partial charge in [0, 0.05) is 43.5 Å². The lowest BCUT2D eigenvalue weighted by molar-refractivity contribution is -0.125. The minimum Gasteiger partial charge on any atom is -0.352 e. The number of pyridine rings is 1. The van der Waals surface area contributed by atoms with E-state index >= 15 is 0 Å². The van der Waals surface area contributed by atoms with Crippen LogP contribution in [0.2, 0.25) is 0 Å². The Morgan fingerprint density at radius 1 is 1.33 bits per heavy atom. The van der Waals surface area contributed by atoms with Gasteiger partial charge in [-0.25, -0.2) is 4.98 Å². The van der Waals surface area contributed by atoms with Crippen LogP contribution >= 0.6 is 11.8 Å². The maximum atomic E-state index is 12.2. The highest BCUT2D eigenvalue weighted by atomic mass is 32.2. The number of carbonyl (C=O) groups is 1. The highest BCUT2D eigenvalue weighted by Crippen LogP contribution is 2.24. The van der Waals surface area contributed by atoms with Gasteiger partial charge in [-0.3, -0.25) is 19.1 Å². The molecule has 2 aromatic heterocycles. The van der Waals surface area contributed by atoms with Crippen LogP contribution in [0.3, 0.4) is 0 Å². The molecule has 1 N–H and O–H groups in total. The van der Waals surface area contributed by atoms with Crippen molar-refractivity contribution in [1.82, 2.24) is 19.9 Å². The third-order valence-corrected chi connectivity index (χ3v) is 4.46. The van der Waals surface area contributed by atoms with Gasteiger partial charge in [-0.05, 0) is 17.7 Å². The molecule has 0 aliphatic carbocycles. The van der Waals surface area contributed by atoms with Crippen LogP contribution in [0.15, 0.2) is 46.7 Å². The highest BCUT2D eigenvalue weighted by molar-refractivity contribution is 7.99. The van der Waals surface area contributed by atoms with Gasteiger partial charge in [-0.2, -0.15) is 0 Å². The molecule has 1 aliphatic heterocycles. The number of thioether (sulfide) groups is 1. The van der Waals surface area contributed by atoms with Crippen molar-refractivity contribution in [1.29, 1.82) is 0 Å². The minimum atomic E-state index is -0.216. The molecule has 6 nitrogen and oxygen atoms in total. The molecular weight excluding hydrogens is 288 g/mol. The minimum absolute atomic E-state index is 0.0410.